The molecule has 0 atom stereocenters. The fourth-order valence-electron chi connectivity index (χ4n) is 4.53. The molecule has 130 valence electrons. The lowest BCUT2D eigenvalue weighted by atomic mass is 9.66. The van der Waals surface area contributed by atoms with Gasteiger partial charge in [0.15, 0.2) is 0 Å². The molecule has 3 heteroatoms. The molecule has 3 nitrogen and oxygen atoms in total. The number of hydrogen-bond acceptors (Lipinski definition) is 2. The minimum absolute atomic E-state index is 0.157. The Morgan fingerprint density at radius 3 is 2.60 bits per heavy atom. The van der Waals surface area contributed by atoms with E-state index in [1.807, 2.05) is 23.1 Å². The maximum atomic E-state index is 11.5. The number of rotatable bonds is 4. The van der Waals surface area contributed by atoms with Crippen LogP contribution in [0.3, 0.4) is 0 Å². The highest BCUT2D eigenvalue weighted by Gasteiger charge is 2.40. The van der Waals surface area contributed by atoms with Crippen molar-refractivity contribution in [2.24, 2.45) is 0 Å². The number of ether oxygens (including phenoxy) is 1. The number of amides is 1. The molecule has 1 aliphatic heterocycles. The van der Waals surface area contributed by atoms with E-state index >= 15 is 0 Å². The summed E-state index contributed by atoms with van der Waals surface area (Å²) >= 11 is 0. The second kappa shape index (κ2) is 6.91. The Hall–Kier alpha value is -2.29. The van der Waals surface area contributed by atoms with Gasteiger partial charge in [0, 0.05) is 18.5 Å². The highest BCUT2D eigenvalue weighted by Crippen LogP contribution is 2.45. The van der Waals surface area contributed by atoms with Crippen LogP contribution in [0.25, 0.3) is 0 Å². The normalized spacial score (nSPS) is 18.6. The zero-order valence-corrected chi connectivity index (χ0v) is 14.6. The molecule has 0 bridgehead atoms. The van der Waals surface area contributed by atoms with Crippen LogP contribution >= 0.6 is 0 Å². The molecule has 1 aliphatic carbocycles. The van der Waals surface area contributed by atoms with Crippen LogP contribution in [0.2, 0.25) is 0 Å². The quantitative estimate of drug-likeness (QED) is 0.773. The van der Waals surface area contributed by atoms with Crippen molar-refractivity contribution in [2.45, 2.75) is 50.7 Å². The first-order valence-corrected chi connectivity index (χ1v) is 9.29. The van der Waals surface area contributed by atoms with E-state index in [0.29, 0.717) is 13.2 Å². The zero-order valence-electron chi connectivity index (χ0n) is 14.6. The SMILES string of the molecule is O=CN1Cc2cc(OCc3ccccc3)ccc2C2(CCCCC2)C1. The van der Waals surface area contributed by atoms with Gasteiger partial charge >= 0.3 is 0 Å². The Morgan fingerprint density at radius 1 is 1.04 bits per heavy atom. The molecule has 0 N–H and O–H groups in total. The number of benzene rings is 2. The summed E-state index contributed by atoms with van der Waals surface area (Å²) in [5.74, 6) is 0.890. The van der Waals surface area contributed by atoms with E-state index in [2.05, 4.69) is 30.3 Å². The predicted molar refractivity (Wildman–Crippen MR) is 98.5 cm³/mol. The zero-order chi connectivity index (χ0) is 17.1. The number of carbonyl (C=O) groups is 1. The average molecular weight is 335 g/mol. The first kappa shape index (κ1) is 16.2. The minimum Gasteiger partial charge on any atom is -0.489 e. The molecule has 1 fully saturated rings. The summed E-state index contributed by atoms with van der Waals surface area (Å²) in [7, 11) is 0. The van der Waals surface area contributed by atoms with E-state index in [1.54, 1.807) is 0 Å². The number of fused-ring (bicyclic) bond motifs is 2. The summed E-state index contributed by atoms with van der Waals surface area (Å²) in [5.41, 5.74) is 4.02. The fraction of sp³-hybridized carbons (Fsp3) is 0.409. The lowest BCUT2D eigenvalue weighted by Gasteiger charge is -2.45. The van der Waals surface area contributed by atoms with Crippen LogP contribution in [0.5, 0.6) is 5.75 Å². The smallest absolute Gasteiger partial charge is 0.210 e. The average Bonchev–Trinajstić information content (AvgIpc) is 2.67. The number of nitrogens with zero attached hydrogens (tertiary/aromatic N) is 1. The summed E-state index contributed by atoms with van der Waals surface area (Å²) in [4.78, 5) is 13.4. The van der Waals surface area contributed by atoms with E-state index in [4.69, 9.17) is 4.74 Å². The lowest BCUT2D eigenvalue weighted by molar-refractivity contribution is -0.120. The molecule has 1 saturated carbocycles. The first-order valence-electron chi connectivity index (χ1n) is 9.29. The predicted octanol–water partition coefficient (Wildman–Crippen LogP) is 4.44. The second-order valence-corrected chi connectivity index (χ2v) is 7.44. The van der Waals surface area contributed by atoms with Crippen LogP contribution in [-0.4, -0.2) is 17.9 Å². The van der Waals surface area contributed by atoms with Crippen molar-refractivity contribution in [1.29, 1.82) is 0 Å². The second-order valence-electron chi connectivity index (χ2n) is 7.44. The first-order chi connectivity index (χ1) is 12.3. The molecule has 0 unspecified atom stereocenters. The van der Waals surface area contributed by atoms with E-state index in [9.17, 15) is 4.79 Å². The van der Waals surface area contributed by atoms with Gasteiger partial charge in [-0.1, -0.05) is 55.7 Å². The highest BCUT2D eigenvalue weighted by molar-refractivity contribution is 5.52. The Bertz CT molecular complexity index is 735. The lowest BCUT2D eigenvalue weighted by Crippen LogP contribution is -2.46. The third kappa shape index (κ3) is 3.28. The summed E-state index contributed by atoms with van der Waals surface area (Å²) in [6.45, 7) is 2.14. The van der Waals surface area contributed by atoms with Gasteiger partial charge in [-0.15, -0.1) is 0 Å². The number of carbonyl (C=O) groups excluding carboxylic acids is 1. The van der Waals surface area contributed by atoms with Gasteiger partial charge < -0.3 is 9.64 Å². The Labute approximate surface area is 149 Å². The van der Waals surface area contributed by atoms with Gasteiger partial charge in [0.25, 0.3) is 0 Å². The molecule has 2 aromatic rings. The Kier molecular flexibility index (Phi) is 4.48. The molecule has 25 heavy (non-hydrogen) atoms. The Morgan fingerprint density at radius 2 is 1.84 bits per heavy atom. The Balaban J connectivity index is 1.59. The summed E-state index contributed by atoms with van der Waals surface area (Å²) in [6.07, 6.45) is 7.23. The molecule has 1 heterocycles. The molecule has 2 aromatic carbocycles. The molecule has 0 radical (unpaired) electrons. The third-order valence-corrected chi connectivity index (χ3v) is 5.74. The highest BCUT2D eigenvalue weighted by atomic mass is 16.5. The van der Waals surface area contributed by atoms with Gasteiger partial charge in [0.2, 0.25) is 6.41 Å². The summed E-state index contributed by atoms with van der Waals surface area (Å²) in [5, 5.41) is 0. The fourth-order valence-corrected chi connectivity index (χ4v) is 4.53. The van der Waals surface area contributed by atoms with Crippen molar-refractivity contribution in [2.75, 3.05) is 6.54 Å². The van der Waals surface area contributed by atoms with Gasteiger partial charge in [-0.2, -0.15) is 0 Å². The summed E-state index contributed by atoms with van der Waals surface area (Å²) in [6, 6.07) is 16.7. The molecular formula is C22H25NO2. The molecule has 4 rings (SSSR count). The van der Waals surface area contributed by atoms with Gasteiger partial charge in [0.05, 0.1) is 0 Å². The summed E-state index contributed by atoms with van der Waals surface area (Å²) < 4.78 is 6.00. The molecular weight excluding hydrogens is 310 g/mol. The van der Waals surface area contributed by atoms with Crippen molar-refractivity contribution in [3.8, 4) is 5.75 Å². The number of hydrogen-bond donors (Lipinski definition) is 0. The van der Waals surface area contributed by atoms with Crippen LogP contribution in [0.1, 0.15) is 48.8 Å². The molecule has 0 saturated heterocycles. The van der Waals surface area contributed by atoms with Crippen molar-refractivity contribution in [3.63, 3.8) is 0 Å². The topological polar surface area (TPSA) is 29.5 Å². The van der Waals surface area contributed by atoms with E-state index < -0.39 is 0 Å². The van der Waals surface area contributed by atoms with Crippen molar-refractivity contribution < 1.29 is 9.53 Å². The largest absolute Gasteiger partial charge is 0.489 e. The van der Waals surface area contributed by atoms with Gasteiger partial charge in [-0.3, -0.25) is 4.79 Å². The van der Waals surface area contributed by atoms with Crippen molar-refractivity contribution >= 4 is 6.41 Å². The van der Waals surface area contributed by atoms with E-state index in [1.165, 1.54) is 48.8 Å². The van der Waals surface area contributed by atoms with Gasteiger partial charge in [0.1, 0.15) is 12.4 Å². The maximum Gasteiger partial charge on any atom is 0.210 e. The van der Waals surface area contributed by atoms with Crippen LogP contribution in [0.4, 0.5) is 0 Å². The van der Waals surface area contributed by atoms with Crippen LogP contribution in [-0.2, 0) is 23.4 Å². The molecule has 2 aliphatic rings. The molecule has 1 spiro atoms. The van der Waals surface area contributed by atoms with Crippen LogP contribution in [0, 0.1) is 0 Å². The molecule has 1 amide bonds. The van der Waals surface area contributed by atoms with Gasteiger partial charge in [-0.25, -0.2) is 0 Å². The van der Waals surface area contributed by atoms with Gasteiger partial charge in [-0.05, 0) is 41.7 Å². The van der Waals surface area contributed by atoms with Crippen molar-refractivity contribution in [3.05, 3.63) is 65.2 Å². The van der Waals surface area contributed by atoms with Crippen LogP contribution in [0.15, 0.2) is 48.5 Å². The standard InChI is InChI=1S/C22H25NO2/c24-17-23-14-19-13-20(25-15-18-7-3-1-4-8-18)9-10-21(19)22(16-23)11-5-2-6-12-22/h1,3-4,7-10,13,17H,2,5-6,11-12,14-16H2. The maximum absolute atomic E-state index is 11.5. The van der Waals surface area contributed by atoms with E-state index in [0.717, 1.165) is 18.7 Å². The monoisotopic (exact) mass is 335 g/mol. The van der Waals surface area contributed by atoms with Crippen LogP contribution < -0.4 is 4.74 Å². The van der Waals surface area contributed by atoms with E-state index in [-0.39, 0.29) is 5.41 Å². The molecule has 0 aromatic heterocycles. The third-order valence-electron chi connectivity index (χ3n) is 5.74. The van der Waals surface area contributed by atoms with Crippen molar-refractivity contribution in [1.82, 2.24) is 4.90 Å². The minimum atomic E-state index is 0.157.